The van der Waals surface area contributed by atoms with Gasteiger partial charge in [0, 0.05) is 19.5 Å². The van der Waals surface area contributed by atoms with Gasteiger partial charge < -0.3 is 36.8 Å². The standard InChI is InChI=1S/C24H35N5O6/c1-15(31)19(20(26)32)27-23(35)24(13-16-7-3-2-4-8-16)10-6-12-29(24)22(34)18-9-5-11-28(18)21(33)17(25)14-30/h2-4,7-8,15,17-19,30-31H,5-6,9-14,25H2,1H3,(H2,26,32)(H,27,35)/t15-,17+,18?,19+,24?/m1/s1. The van der Waals surface area contributed by atoms with Crippen LogP contribution in [0.15, 0.2) is 30.3 Å². The number of rotatable bonds is 9. The highest BCUT2D eigenvalue weighted by Gasteiger charge is 2.53. The molecular weight excluding hydrogens is 454 g/mol. The van der Waals surface area contributed by atoms with E-state index in [2.05, 4.69) is 5.32 Å². The van der Waals surface area contributed by atoms with E-state index in [1.54, 1.807) is 0 Å². The van der Waals surface area contributed by atoms with Gasteiger partial charge in [0.05, 0.1) is 12.7 Å². The lowest BCUT2D eigenvalue weighted by Gasteiger charge is -2.41. The van der Waals surface area contributed by atoms with Gasteiger partial charge in [0.1, 0.15) is 23.7 Å². The number of nitrogens with one attached hydrogen (secondary N) is 1. The Hall–Kier alpha value is -3.02. The molecule has 2 aliphatic rings. The van der Waals surface area contributed by atoms with Crippen molar-refractivity contribution in [3.63, 3.8) is 0 Å². The lowest BCUT2D eigenvalue weighted by molar-refractivity contribution is -0.152. The van der Waals surface area contributed by atoms with E-state index in [1.807, 2.05) is 30.3 Å². The third kappa shape index (κ3) is 5.47. The van der Waals surface area contributed by atoms with Crippen LogP contribution < -0.4 is 16.8 Å². The summed E-state index contributed by atoms with van der Waals surface area (Å²) in [4.78, 5) is 55.0. The molecule has 0 aliphatic carbocycles. The second-order valence-electron chi connectivity index (χ2n) is 9.36. The molecule has 35 heavy (non-hydrogen) atoms. The highest BCUT2D eigenvalue weighted by Crippen LogP contribution is 2.36. The van der Waals surface area contributed by atoms with E-state index in [0.29, 0.717) is 38.8 Å². The molecule has 3 rings (SSSR count). The van der Waals surface area contributed by atoms with Gasteiger partial charge in [0.25, 0.3) is 0 Å². The Balaban J connectivity index is 1.96. The van der Waals surface area contributed by atoms with Crippen LogP contribution in [-0.4, -0.2) is 93.1 Å². The summed E-state index contributed by atoms with van der Waals surface area (Å²) in [5.41, 5.74) is 10.6. The molecule has 2 heterocycles. The van der Waals surface area contributed by atoms with Crippen molar-refractivity contribution in [1.29, 1.82) is 0 Å². The Kier molecular flexibility index (Phi) is 8.47. The molecule has 2 saturated heterocycles. The zero-order valence-corrected chi connectivity index (χ0v) is 19.9. The van der Waals surface area contributed by atoms with Crippen molar-refractivity contribution in [1.82, 2.24) is 15.1 Å². The summed E-state index contributed by atoms with van der Waals surface area (Å²) < 4.78 is 0. The Labute approximate surface area is 204 Å². The maximum atomic E-state index is 13.8. The van der Waals surface area contributed by atoms with E-state index in [0.717, 1.165) is 5.56 Å². The van der Waals surface area contributed by atoms with Crippen LogP contribution in [0.1, 0.15) is 38.2 Å². The predicted octanol–water partition coefficient (Wildman–Crippen LogP) is -1.75. The van der Waals surface area contributed by atoms with Crippen molar-refractivity contribution in [3.8, 4) is 0 Å². The molecule has 0 spiro atoms. The summed E-state index contributed by atoms with van der Waals surface area (Å²) in [7, 11) is 0. The molecule has 11 heteroatoms. The summed E-state index contributed by atoms with van der Waals surface area (Å²) in [6, 6.07) is 5.96. The molecule has 0 saturated carbocycles. The fourth-order valence-corrected chi connectivity index (χ4v) is 5.10. The van der Waals surface area contributed by atoms with Gasteiger partial charge in [-0.3, -0.25) is 19.2 Å². The molecule has 2 unspecified atom stereocenters. The molecule has 4 amide bonds. The molecule has 2 aliphatic heterocycles. The van der Waals surface area contributed by atoms with Gasteiger partial charge >= 0.3 is 0 Å². The van der Waals surface area contributed by atoms with Crippen LogP contribution in [0.5, 0.6) is 0 Å². The van der Waals surface area contributed by atoms with Gasteiger partial charge in [-0.05, 0) is 38.2 Å². The van der Waals surface area contributed by atoms with Crippen molar-refractivity contribution in [2.45, 2.75) is 68.8 Å². The quantitative estimate of drug-likeness (QED) is 0.273. The number of benzene rings is 1. The number of likely N-dealkylation sites (tertiary alicyclic amines) is 2. The number of hydrogen-bond acceptors (Lipinski definition) is 7. The van der Waals surface area contributed by atoms with E-state index in [1.165, 1.54) is 16.7 Å². The van der Waals surface area contributed by atoms with Crippen LogP contribution in [-0.2, 0) is 25.6 Å². The average Bonchev–Trinajstić information content (AvgIpc) is 3.49. The van der Waals surface area contributed by atoms with Gasteiger partial charge in [-0.15, -0.1) is 0 Å². The topological polar surface area (TPSA) is 179 Å². The minimum atomic E-state index is -1.34. The lowest BCUT2D eigenvalue weighted by atomic mass is 9.86. The summed E-state index contributed by atoms with van der Waals surface area (Å²) in [6.07, 6.45) is 0.851. The van der Waals surface area contributed by atoms with Crippen LogP contribution >= 0.6 is 0 Å². The molecule has 2 fully saturated rings. The zero-order chi connectivity index (χ0) is 25.8. The Morgan fingerprint density at radius 3 is 2.46 bits per heavy atom. The first-order chi connectivity index (χ1) is 16.6. The number of nitrogens with two attached hydrogens (primary N) is 2. The maximum absolute atomic E-state index is 13.8. The van der Waals surface area contributed by atoms with Gasteiger partial charge in [-0.2, -0.15) is 0 Å². The molecule has 0 aromatic heterocycles. The molecule has 7 N–H and O–H groups in total. The van der Waals surface area contributed by atoms with Crippen LogP contribution in [0.2, 0.25) is 0 Å². The number of aliphatic hydroxyl groups excluding tert-OH is 2. The second-order valence-corrected chi connectivity index (χ2v) is 9.36. The monoisotopic (exact) mass is 489 g/mol. The highest BCUT2D eigenvalue weighted by atomic mass is 16.3. The molecule has 1 aromatic rings. The van der Waals surface area contributed by atoms with Crippen LogP contribution in [0, 0.1) is 0 Å². The van der Waals surface area contributed by atoms with Crippen molar-refractivity contribution in [3.05, 3.63) is 35.9 Å². The van der Waals surface area contributed by atoms with Crippen molar-refractivity contribution in [2.75, 3.05) is 19.7 Å². The van der Waals surface area contributed by atoms with Crippen molar-refractivity contribution < 1.29 is 29.4 Å². The minimum Gasteiger partial charge on any atom is -0.394 e. The van der Waals surface area contributed by atoms with Gasteiger partial charge in [0.2, 0.25) is 23.6 Å². The fourth-order valence-electron chi connectivity index (χ4n) is 5.10. The largest absolute Gasteiger partial charge is 0.394 e. The van der Waals surface area contributed by atoms with Gasteiger partial charge in [-0.25, -0.2) is 0 Å². The van der Waals surface area contributed by atoms with Crippen LogP contribution in [0.25, 0.3) is 0 Å². The number of nitrogens with zero attached hydrogens (tertiary/aromatic N) is 2. The summed E-state index contributed by atoms with van der Waals surface area (Å²) in [5.74, 6) is -2.36. The molecule has 0 radical (unpaired) electrons. The van der Waals surface area contributed by atoms with Crippen molar-refractivity contribution >= 4 is 23.6 Å². The first-order valence-electron chi connectivity index (χ1n) is 11.9. The fraction of sp³-hybridized carbons (Fsp3) is 0.583. The third-order valence-corrected chi connectivity index (χ3v) is 6.93. The van der Waals surface area contributed by atoms with E-state index >= 15 is 0 Å². The van der Waals surface area contributed by atoms with Gasteiger partial charge in [0.15, 0.2) is 0 Å². The number of aliphatic hydroxyl groups is 2. The maximum Gasteiger partial charge on any atom is 0.247 e. The molecule has 11 nitrogen and oxygen atoms in total. The first-order valence-corrected chi connectivity index (χ1v) is 11.9. The summed E-state index contributed by atoms with van der Waals surface area (Å²) >= 11 is 0. The van der Waals surface area contributed by atoms with Crippen molar-refractivity contribution in [2.24, 2.45) is 11.5 Å². The zero-order valence-electron chi connectivity index (χ0n) is 19.9. The third-order valence-electron chi connectivity index (χ3n) is 6.93. The Morgan fingerprint density at radius 1 is 1.17 bits per heavy atom. The number of carbonyl (C=O) groups is 4. The smallest absolute Gasteiger partial charge is 0.247 e. The highest BCUT2D eigenvalue weighted by molar-refractivity contribution is 5.98. The first kappa shape index (κ1) is 26.6. The van der Waals surface area contributed by atoms with Crippen LogP contribution in [0.3, 0.4) is 0 Å². The molecule has 1 aromatic carbocycles. The number of hydrogen-bond donors (Lipinski definition) is 5. The minimum absolute atomic E-state index is 0.188. The van der Waals surface area contributed by atoms with E-state index in [4.69, 9.17) is 11.5 Å². The lowest BCUT2D eigenvalue weighted by Crippen LogP contribution is -2.65. The van der Waals surface area contributed by atoms with E-state index in [9.17, 15) is 29.4 Å². The predicted molar refractivity (Wildman–Crippen MR) is 126 cm³/mol. The SMILES string of the molecule is C[C@@H](O)[C@H](NC(=O)C1(Cc2ccccc2)CCCN1C(=O)C1CCCN1C(=O)[C@@H](N)CO)C(N)=O. The molecule has 192 valence electrons. The molecule has 0 bridgehead atoms. The Bertz CT molecular complexity index is 942. The second kappa shape index (κ2) is 11.1. The summed E-state index contributed by atoms with van der Waals surface area (Å²) in [5, 5.41) is 21.9. The Morgan fingerprint density at radius 2 is 1.86 bits per heavy atom. The normalized spacial score (nSPS) is 24.6. The summed E-state index contributed by atoms with van der Waals surface area (Å²) in [6.45, 7) is 1.44. The average molecular weight is 490 g/mol. The van der Waals surface area contributed by atoms with Gasteiger partial charge in [-0.1, -0.05) is 30.3 Å². The number of amides is 4. The number of carbonyl (C=O) groups excluding carboxylic acids is 4. The molecular formula is C24H35N5O6. The van der Waals surface area contributed by atoms with Crippen LogP contribution in [0.4, 0.5) is 0 Å². The van der Waals surface area contributed by atoms with E-state index < -0.39 is 54.1 Å². The number of primary amides is 1. The molecule has 5 atom stereocenters. The van der Waals surface area contributed by atoms with E-state index in [-0.39, 0.29) is 12.3 Å².